The van der Waals surface area contributed by atoms with Gasteiger partial charge in [0.25, 0.3) is 0 Å². The highest BCUT2D eigenvalue weighted by Crippen LogP contribution is 2.39. The Hall–Kier alpha value is -1.48. The van der Waals surface area contributed by atoms with Crippen LogP contribution >= 0.6 is 11.8 Å². The van der Waals surface area contributed by atoms with E-state index in [1.165, 1.54) is 5.56 Å². The predicted octanol–water partition coefficient (Wildman–Crippen LogP) is 2.70. The predicted molar refractivity (Wildman–Crippen MR) is 64.4 cm³/mol. The minimum atomic E-state index is -0.0624. The average molecular weight is 230 g/mol. The maximum atomic E-state index is 10.7. The Morgan fingerprint density at radius 3 is 3.12 bits per heavy atom. The molecule has 1 aromatic rings. The first-order chi connectivity index (χ1) is 7.86. The summed E-state index contributed by atoms with van der Waals surface area (Å²) in [6.07, 6.45) is 5.61. The molecule has 16 heavy (non-hydrogen) atoms. The van der Waals surface area contributed by atoms with Crippen molar-refractivity contribution < 1.29 is 9.53 Å². The van der Waals surface area contributed by atoms with Crippen LogP contribution in [-0.4, -0.2) is 11.5 Å². The van der Waals surface area contributed by atoms with Gasteiger partial charge in [0.2, 0.25) is 0 Å². The van der Waals surface area contributed by atoms with E-state index in [1.807, 2.05) is 30.4 Å². The first-order valence-electron chi connectivity index (χ1n) is 5.16. The zero-order valence-corrected chi connectivity index (χ0v) is 9.37. The molecule has 2 aliphatic heterocycles. The SMILES string of the molecule is O=CC1C=CC2=C(Cc3ccccc3O2)S1. The molecule has 0 amide bonds. The van der Waals surface area contributed by atoms with Crippen LogP contribution in [0.5, 0.6) is 5.75 Å². The van der Waals surface area contributed by atoms with Gasteiger partial charge in [0, 0.05) is 11.3 Å². The largest absolute Gasteiger partial charge is 0.456 e. The van der Waals surface area contributed by atoms with Crippen molar-refractivity contribution >= 4 is 18.0 Å². The van der Waals surface area contributed by atoms with Crippen LogP contribution in [0.4, 0.5) is 0 Å². The lowest BCUT2D eigenvalue weighted by Gasteiger charge is -2.25. The van der Waals surface area contributed by atoms with E-state index in [4.69, 9.17) is 4.74 Å². The number of allylic oxidation sites excluding steroid dienone is 2. The Labute approximate surface area is 98.0 Å². The zero-order valence-electron chi connectivity index (χ0n) is 8.55. The van der Waals surface area contributed by atoms with Crippen molar-refractivity contribution in [3.63, 3.8) is 0 Å². The fourth-order valence-corrected chi connectivity index (χ4v) is 2.88. The van der Waals surface area contributed by atoms with Gasteiger partial charge < -0.3 is 9.53 Å². The summed E-state index contributed by atoms with van der Waals surface area (Å²) >= 11 is 1.58. The molecule has 80 valence electrons. The van der Waals surface area contributed by atoms with Crippen molar-refractivity contribution in [2.45, 2.75) is 11.7 Å². The average Bonchev–Trinajstić information content (AvgIpc) is 2.35. The first kappa shape index (κ1) is 9.73. The second-order valence-electron chi connectivity index (χ2n) is 3.75. The highest BCUT2D eigenvalue weighted by atomic mass is 32.2. The first-order valence-corrected chi connectivity index (χ1v) is 6.04. The summed E-state index contributed by atoms with van der Waals surface area (Å²) in [6.45, 7) is 0. The molecule has 3 rings (SSSR count). The Morgan fingerprint density at radius 2 is 2.25 bits per heavy atom. The third kappa shape index (κ3) is 1.57. The summed E-state index contributed by atoms with van der Waals surface area (Å²) in [6, 6.07) is 8.02. The molecular formula is C13H10O2S. The van der Waals surface area contributed by atoms with Gasteiger partial charge in [0.15, 0.2) is 0 Å². The number of hydrogen-bond acceptors (Lipinski definition) is 3. The van der Waals surface area contributed by atoms with Crippen LogP contribution < -0.4 is 4.74 Å². The van der Waals surface area contributed by atoms with Crippen molar-refractivity contribution in [2.75, 3.05) is 0 Å². The minimum Gasteiger partial charge on any atom is -0.456 e. The normalized spacial score (nSPS) is 22.1. The van der Waals surface area contributed by atoms with E-state index < -0.39 is 0 Å². The van der Waals surface area contributed by atoms with Gasteiger partial charge in [-0.05, 0) is 17.7 Å². The molecule has 3 heteroatoms. The van der Waals surface area contributed by atoms with Crippen molar-refractivity contribution in [3.8, 4) is 5.75 Å². The van der Waals surface area contributed by atoms with Crippen LogP contribution in [0.15, 0.2) is 47.1 Å². The second-order valence-corrected chi connectivity index (χ2v) is 5.02. The summed E-state index contributed by atoms with van der Waals surface area (Å²) in [5, 5.41) is -0.0624. The number of carbonyl (C=O) groups excluding carboxylic acids is 1. The number of fused-ring (bicyclic) bond motifs is 1. The molecule has 0 N–H and O–H groups in total. The van der Waals surface area contributed by atoms with Crippen LogP contribution in [0.2, 0.25) is 0 Å². The second kappa shape index (κ2) is 3.83. The molecular weight excluding hydrogens is 220 g/mol. The molecule has 2 heterocycles. The molecule has 0 saturated carbocycles. The van der Waals surface area contributed by atoms with Gasteiger partial charge in [-0.25, -0.2) is 0 Å². The van der Waals surface area contributed by atoms with Crippen molar-refractivity contribution in [1.82, 2.24) is 0 Å². The smallest absolute Gasteiger partial charge is 0.137 e. The lowest BCUT2D eigenvalue weighted by atomic mass is 10.1. The molecule has 0 fully saturated rings. The van der Waals surface area contributed by atoms with Gasteiger partial charge in [-0.3, -0.25) is 0 Å². The van der Waals surface area contributed by atoms with Gasteiger partial charge in [0.05, 0.1) is 5.25 Å². The number of para-hydroxylation sites is 1. The Kier molecular flexibility index (Phi) is 2.33. The topological polar surface area (TPSA) is 26.3 Å². The molecule has 2 nitrogen and oxygen atoms in total. The van der Waals surface area contributed by atoms with Crippen LogP contribution in [0.1, 0.15) is 5.56 Å². The lowest BCUT2D eigenvalue weighted by molar-refractivity contribution is -0.106. The van der Waals surface area contributed by atoms with Gasteiger partial charge in [0.1, 0.15) is 17.8 Å². The van der Waals surface area contributed by atoms with Gasteiger partial charge >= 0.3 is 0 Å². The lowest BCUT2D eigenvalue weighted by Crippen LogP contribution is -2.14. The molecule has 0 aliphatic carbocycles. The van der Waals surface area contributed by atoms with E-state index in [1.54, 1.807) is 11.8 Å². The number of hydrogen-bond donors (Lipinski definition) is 0. The van der Waals surface area contributed by atoms with E-state index in [0.29, 0.717) is 0 Å². The molecule has 1 unspecified atom stereocenters. The van der Waals surface area contributed by atoms with E-state index in [-0.39, 0.29) is 5.25 Å². The van der Waals surface area contributed by atoms with E-state index >= 15 is 0 Å². The maximum absolute atomic E-state index is 10.7. The summed E-state index contributed by atoms with van der Waals surface area (Å²) < 4.78 is 5.78. The van der Waals surface area contributed by atoms with Crippen LogP contribution in [0, 0.1) is 0 Å². The van der Waals surface area contributed by atoms with E-state index in [2.05, 4.69) is 6.07 Å². The number of ether oxygens (including phenoxy) is 1. The number of rotatable bonds is 1. The standard InChI is InChI=1S/C13H10O2S/c14-8-10-5-6-12-13(16-10)7-9-3-1-2-4-11(9)15-12/h1-6,8,10H,7H2. The molecule has 0 radical (unpaired) electrons. The molecule has 1 atom stereocenters. The maximum Gasteiger partial charge on any atom is 0.137 e. The van der Waals surface area contributed by atoms with Gasteiger partial charge in [-0.1, -0.05) is 24.3 Å². The Bertz CT molecular complexity index is 502. The Balaban J connectivity index is 1.94. The van der Waals surface area contributed by atoms with Crippen molar-refractivity contribution in [1.29, 1.82) is 0 Å². The molecule has 1 aromatic carbocycles. The third-order valence-electron chi connectivity index (χ3n) is 2.67. The molecule has 2 aliphatic rings. The molecule has 0 spiro atoms. The fourth-order valence-electron chi connectivity index (χ4n) is 1.87. The quantitative estimate of drug-likeness (QED) is 0.694. The fraction of sp³-hybridized carbons (Fsp3) is 0.154. The van der Waals surface area contributed by atoms with E-state index in [0.717, 1.165) is 29.1 Å². The van der Waals surface area contributed by atoms with Crippen molar-refractivity contribution in [2.24, 2.45) is 0 Å². The molecule has 0 aromatic heterocycles. The highest BCUT2D eigenvalue weighted by molar-refractivity contribution is 8.04. The summed E-state index contributed by atoms with van der Waals surface area (Å²) in [7, 11) is 0. The number of benzene rings is 1. The number of aldehydes is 1. The number of thioether (sulfide) groups is 1. The molecule has 0 bridgehead atoms. The summed E-state index contributed by atoms with van der Waals surface area (Å²) in [5.74, 6) is 1.82. The Morgan fingerprint density at radius 1 is 1.38 bits per heavy atom. The van der Waals surface area contributed by atoms with Gasteiger partial charge in [-0.15, -0.1) is 11.8 Å². The van der Waals surface area contributed by atoms with Crippen molar-refractivity contribution in [3.05, 3.63) is 52.6 Å². The molecule has 0 saturated heterocycles. The third-order valence-corrected chi connectivity index (χ3v) is 3.84. The monoisotopic (exact) mass is 230 g/mol. The minimum absolute atomic E-state index is 0.0624. The summed E-state index contributed by atoms with van der Waals surface area (Å²) in [4.78, 5) is 11.9. The highest BCUT2D eigenvalue weighted by Gasteiger charge is 2.23. The van der Waals surface area contributed by atoms with Crippen LogP contribution in [0.3, 0.4) is 0 Å². The summed E-state index contributed by atoms with van der Waals surface area (Å²) in [5.41, 5.74) is 1.19. The van der Waals surface area contributed by atoms with Gasteiger partial charge in [-0.2, -0.15) is 0 Å². The van der Waals surface area contributed by atoms with E-state index in [9.17, 15) is 4.79 Å². The van der Waals surface area contributed by atoms with Crippen LogP contribution in [-0.2, 0) is 11.2 Å². The van der Waals surface area contributed by atoms with Crippen LogP contribution in [0.25, 0.3) is 0 Å². The number of carbonyl (C=O) groups is 1. The zero-order chi connectivity index (χ0) is 11.0.